The summed E-state index contributed by atoms with van der Waals surface area (Å²) in [5, 5.41) is 22.6. The molecule has 24 heavy (non-hydrogen) atoms. The van der Waals surface area contributed by atoms with E-state index in [1.54, 1.807) is 12.3 Å². The van der Waals surface area contributed by atoms with Gasteiger partial charge in [0.25, 0.3) is 11.6 Å². The minimum atomic E-state index is -0.569. The number of non-ortho nitro benzene ring substituents is 1. The van der Waals surface area contributed by atoms with Gasteiger partial charge in [-0.25, -0.2) is 0 Å². The number of hydrogen-bond acceptors (Lipinski definition) is 5. The molecule has 126 valence electrons. The molecule has 0 radical (unpaired) electrons. The smallest absolute Gasteiger partial charge is 0.271 e. The van der Waals surface area contributed by atoms with Crippen LogP contribution in [0, 0.1) is 21.4 Å². The minimum absolute atomic E-state index is 0.0189. The quantitative estimate of drug-likeness (QED) is 0.387. The topological polar surface area (TPSA) is 99.3 Å². The third-order valence-corrected chi connectivity index (χ3v) is 4.16. The van der Waals surface area contributed by atoms with Gasteiger partial charge >= 0.3 is 0 Å². The summed E-state index contributed by atoms with van der Waals surface area (Å²) in [5.41, 5.74) is 0.153. The number of nitro benzene ring substituents is 1. The molecule has 0 heterocycles. The number of carbonyl (C=O) groups is 1. The van der Waals surface area contributed by atoms with Crippen LogP contribution in [0.15, 0.2) is 36.0 Å². The zero-order valence-electron chi connectivity index (χ0n) is 13.6. The van der Waals surface area contributed by atoms with Crippen LogP contribution < -0.4 is 5.32 Å². The van der Waals surface area contributed by atoms with E-state index in [0.29, 0.717) is 6.04 Å². The van der Waals surface area contributed by atoms with Gasteiger partial charge in [0.1, 0.15) is 11.6 Å². The molecule has 1 N–H and O–H groups in total. The molecule has 1 aromatic rings. The van der Waals surface area contributed by atoms with Gasteiger partial charge in [-0.3, -0.25) is 14.9 Å². The Morgan fingerprint density at radius 2 is 2.12 bits per heavy atom. The van der Waals surface area contributed by atoms with Crippen molar-refractivity contribution in [2.24, 2.45) is 0 Å². The van der Waals surface area contributed by atoms with Crippen molar-refractivity contribution in [2.45, 2.75) is 38.1 Å². The maximum Gasteiger partial charge on any atom is 0.271 e. The Bertz CT molecular complexity index is 687. The predicted octanol–water partition coefficient (Wildman–Crippen LogP) is 3.21. The number of amides is 1. The normalized spacial score (nSPS) is 15.4. The Morgan fingerprint density at radius 3 is 2.75 bits per heavy atom. The molecule has 1 aliphatic rings. The van der Waals surface area contributed by atoms with Crippen LogP contribution in [0.5, 0.6) is 0 Å². The number of hydrogen-bond donors (Lipinski definition) is 1. The van der Waals surface area contributed by atoms with Gasteiger partial charge in [0.05, 0.1) is 4.92 Å². The number of nitriles is 1. The van der Waals surface area contributed by atoms with Crippen LogP contribution >= 0.6 is 0 Å². The van der Waals surface area contributed by atoms with Crippen molar-refractivity contribution in [1.29, 1.82) is 5.26 Å². The highest BCUT2D eigenvalue weighted by atomic mass is 16.6. The molecule has 7 heteroatoms. The van der Waals surface area contributed by atoms with Gasteiger partial charge in [0.15, 0.2) is 0 Å². The lowest BCUT2D eigenvalue weighted by Gasteiger charge is -2.30. The molecule has 0 bridgehead atoms. The highest BCUT2D eigenvalue weighted by Crippen LogP contribution is 2.22. The SMILES string of the molecule is CN(/C=C(/C#N)C(=O)Nc1cccc([N+](=O)[O-])c1)C1CCCCC1. The molecule has 0 aromatic heterocycles. The summed E-state index contributed by atoms with van der Waals surface area (Å²) in [7, 11) is 1.87. The standard InChI is InChI=1S/C17H20N4O3/c1-20(15-7-3-2-4-8-15)12-13(11-18)17(22)19-14-6-5-9-16(10-14)21(23)24/h5-6,9-10,12,15H,2-4,7-8H2,1H3,(H,19,22)/b13-12-. The highest BCUT2D eigenvalue weighted by molar-refractivity contribution is 6.06. The third kappa shape index (κ3) is 4.56. The number of rotatable bonds is 5. The minimum Gasteiger partial charge on any atom is -0.376 e. The van der Waals surface area contributed by atoms with Crippen molar-refractivity contribution < 1.29 is 9.72 Å². The molecule has 1 saturated carbocycles. The van der Waals surface area contributed by atoms with Gasteiger partial charge in [-0.2, -0.15) is 5.26 Å². The first-order valence-corrected chi connectivity index (χ1v) is 7.91. The van der Waals surface area contributed by atoms with Crippen LogP contribution in [0.3, 0.4) is 0 Å². The Balaban J connectivity index is 2.08. The van der Waals surface area contributed by atoms with Gasteiger partial charge in [-0.1, -0.05) is 25.3 Å². The number of nitro groups is 1. The van der Waals surface area contributed by atoms with E-state index in [0.717, 1.165) is 25.7 Å². The fraction of sp³-hybridized carbons (Fsp3) is 0.412. The second-order valence-electron chi connectivity index (χ2n) is 5.87. The van der Waals surface area contributed by atoms with Crippen LogP contribution in [-0.4, -0.2) is 28.8 Å². The maximum atomic E-state index is 12.2. The van der Waals surface area contributed by atoms with Gasteiger partial charge in [-0.15, -0.1) is 0 Å². The second-order valence-corrected chi connectivity index (χ2v) is 5.87. The van der Waals surface area contributed by atoms with Crippen molar-refractivity contribution >= 4 is 17.3 Å². The molecule has 1 aromatic carbocycles. The molecule has 2 rings (SSSR count). The summed E-state index contributed by atoms with van der Waals surface area (Å²) in [6, 6.07) is 7.88. The number of benzene rings is 1. The summed E-state index contributed by atoms with van der Waals surface area (Å²) < 4.78 is 0. The Morgan fingerprint density at radius 1 is 1.42 bits per heavy atom. The van der Waals surface area contributed by atoms with Gasteiger partial charge in [0, 0.05) is 37.1 Å². The van der Waals surface area contributed by atoms with Crippen LogP contribution in [0.4, 0.5) is 11.4 Å². The number of carbonyl (C=O) groups excluding carboxylic acids is 1. The average Bonchev–Trinajstić information content (AvgIpc) is 2.60. The Kier molecular flexibility index (Phi) is 5.90. The first kappa shape index (κ1) is 17.5. The van der Waals surface area contributed by atoms with E-state index in [-0.39, 0.29) is 16.9 Å². The fourth-order valence-electron chi connectivity index (χ4n) is 2.83. The van der Waals surface area contributed by atoms with Crippen molar-refractivity contribution in [3.05, 3.63) is 46.2 Å². The van der Waals surface area contributed by atoms with E-state index in [1.807, 2.05) is 18.0 Å². The molecule has 0 aliphatic heterocycles. The van der Waals surface area contributed by atoms with Crippen LogP contribution in [0.1, 0.15) is 32.1 Å². The van der Waals surface area contributed by atoms with Gasteiger partial charge in [0.2, 0.25) is 0 Å². The predicted molar refractivity (Wildman–Crippen MR) is 90.1 cm³/mol. The van der Waals surface area contributed by atoms with Crippen LogP contribution in [0.25, 0.3) is 0 Å². The molecule has 0 saturated heterocycles. The molecular weight excluding hydrogens is 308 g/mol. The van der Waals surface area contributed by atoms with Gasteiger partial charge in [-0.05, 0) is 18.9 Å². The highest BCUT2D eigenvalue weighted by Gasteiger charge is 2.18. The molecule has 1 fully saturated rings. The zero-order chi connectivity index (χ0) is 17.5. The van der Waals surface area contributed by atoms with Crippen LogP contribution in [-0.2, 0) is 4.79 Å². The number of nitrogens with one attached hydrogen (secondary N) is 1. The molecule has 0 spiro atoms. The summed E-state index contributed by atoms with van der Waals surface area (Å²) in [6.45, 7) is 0. The van der Waals surface area contributed by atoms with Crippen molar-refractivity contribution in [3.63, 3.8) is 0 Å². The van der Waals surface area contributed by atoms with Crippen LogP contribution in [0.2, 0.25) is 0 Å². The van der Waals surface area contributed by atoms with Crippen molar-refractivity contribution in [3.8, 4) is 6.07 Å². The second kappa shape index (κ2) is 8.11. The first-order valence-electron chi connectivity index (χ1n) is 7.91. The fourth-order valence-corrected chi connectivity index (χ4v) is 2.83. The summed E-state index contributed by atoms with van der Waals surface area (Å²) >= 11 is 0. The number of anilines is 1. The number of nitrogens with zero attached hydrogens (tertiary/aromatic N) is 3. The van der Waals surface area contributed by atoms with E-state index < -0.39 is 10.8 Å². The molecule has 0 atom stereocenters. The Labute approximate surface area is 140 Å². The average molecular weight is 328 g/mol. The molecule has 7 nitrogen and oxygen atoms in total. The molecular formula is C17H20N4O3. The molecule has 0 unspecified atom stereocenters. The largest absolute Gasteiger partial charge is 0.376 e. The monoisotopic (exact) mass is 328 g/mol. The summed E-state index contributed by atoms with van der Waals surface area (Å²) in [5.74, 6) is -0.569. The summed E-state index contributed by atoms with van der Waals surface area (Å²) in [4.78, 5) is 24.4. The summed E-state index contributed by atoms with van der Waals surface area (Å²) in [6.07, 6.45) is 7.21. The first-order chi connectivity index (χ1) is 11.5. The lowest BCUT2D eigenvalue weighted by molar-refractivity contribution is -0.384. The molecule has 1 amide bonds. The maximum absolute atomic E-state index is 12.2. The van der Waals surface area contributed by atoms with E-state index in [2.05, 4.69) is 5.32 Å². The lowest BCUT2D eigenvalue weighted by Crippen LogP contribution is -2.30. The van der Waals surface area contributed by atoms with Crippen molar-refractivity contribution in [1.82, 2.24) is 4.90 Å². The van der Waals surface area contributed by atoms with Crippen molar-refractivity contribution in [2.75, 3.05) is 12.4 Å². The van der Waals surface area contributed by atoms with E-state index in [1.165, 1.54) is 24.6 Å². The van der Waals surface area contributed by atoms with E-state index in [9.17, 15) is 20.2 Å². The zero-order valence-corrected chi connectivity index (χ0v) is 13.6. The Hall–Kier alpha value is -2.88. The van der Waals surface area contributed by atoms with Gasteiger partial charge < -0.3 is 10.2 Å². The molecule has 1 aliphatic carbocycles. The van der Waals surface area contributed by atoms with E-state index in [4.69, 9.17) is 0 Å². The lowest BCUT2D eigenvalue weighted by atomic mass is 9.94. The van der Waals surface area contributed by atoms with E-state index >= 15 is 0 Å². The third-order valence-electron chi connectivity index (χ3n) is 4.16.